The van der Waals surface area contributed by atoms with Crippen molar-refractivity contribution in [3.8, 4) is 0 Å². The zero-order valence-electron chi connectivity index (χ0n) is 8.58. The van der Waals surface area contributed by atoms with Crippen LogP contribution in [0.25, 0.3) is 0 Å². The van der Waals surface area contributed by atoms with Gasteiger partial charge in [-0.05, 0) is 53.5 Å². The Balaban J connectivity index is 1.70. The lowest BCUT2D eigenvalue weighted by Crippen LogP contribution is -2.27. The van der Waals surface area contributed by atoms with Crippen LogP contribution in [0.1, 0.15) is 25.0 Å². The summed E-state index contributed by atoms with van der Waals surface area (Å²) in [7, 11) is 0. The van der Waals surface area contributed by atoms with Crippen LogP contribution in [0, 0.1) is 9.68 Å². The number of hydrogen-bond donors (Lipinski definition) is 2. The molecule has 1 saturated carbocycles. The van der Waals surface area contributed by atoms with E-state index in [2.05, 4.69) is 27.9 Å². The summed E-state index contributed by atoms with van der Waals surface area (Å²) in [6.07, 6.45) is 3.16. The molecule has 1 fully saturated rings. The van der Waals surface area contributed by atoms with Gasteiger partial charge in [0.25, 0.3) is 0 Å². The maximum Gasteiger partial charge on any atom is 0.164 e. The Kier molecular flexibility index (Phi) is 4.05. The van der Waals surface area contributed by atoms with Gasteiger partial charge >= 0.3 is 0 Å². The van der Waals surface area contributed by atoms with E-state index < -0.39 is 0 Å². The van der Waals surface area contributed by atoms with Gasteiger partial charge in [-0.15, -0.1) is 0 Å². The molecule has 84 valence electrons. The highest BCUT2D eigenvalue weighted by molar-refractivity contribution is 14.1. The van der Waals surface area contributed by atoms with Crippen molar-refractivity contribution >= 4 is 22.6 Å². The predicted octanol–water partition coefficient (Wildman–Crippen LogP) is 2.13. The smallest absolute Gasteiger partial charge is 0.164 e. The first-order valence-corrected chi connectivity index (χ1v) is 6.46. The molecule has 0 aromatic carbocycles. The molecule has 1 aliphatic carbocycles. The fourth-order valence-corrected chi connectivity index (χ4v) is 2.55. The summed E-state index contributed by atoms with van der Waals surface area (Å²) in [5, 5.41) is 13.0. The van der Waals surface area contributed by atoms with Gasteiger partial charge in [-0.25, -0.2) is 0 Å². The number of rotatable bonds is 4. The number of aliphatic hydroxyl groups excluding tert-OH is 1. The minimum atomic E-state index is -0.103. The fourth-order valence-electron chi connectivity index (χ4n) is 2.08. The van der Waals surface area contributed by atoms with Gasteiger partial charge in [0.1, 0.15) is 5.76 Å². The largest absolute Gasteiger partial charge is 0.454 e. The Morgan fingerprint density at radius 1 is 1.47 bits per heavy atom. The van der Waals surface area contributed by atoms with E-state index in [1.165, 1.54) is 0 Å². The van der Waals surface area contributed by atoms with Crippen LogP contribution in [0.3, 0.4) is 0 Å². The summed E-state index contributed by atoms with van der Waals surface area (Å²) in [6, 6.07) is 3.95. The SMILES string of the molecule is OC1CCCC1CNCc1ccc(I)o1. The van der Waals surface area contributed by atoms with Crippen molar-refractivity contribution in [2.24, 2.45) is 5.92 Å². The van der Waals surface area contributed by atoms with Gasteiger partial charge in [-0.3, -0.25) is 0 Å². The molecule has 2 rings (SSSR count). The molecule has 0 saturated heterocycles. The monoisotopic (exact) mass is 321 g/mol. The molecular formula is C11H16INO2. The van der Waals surface area contributed by atoms with Crippen LogP contribution >= 0.6 is 22.6 Å². The molecule has 1 aromatic rings. The lowest BCUT2D eigenvalue weighted by atomic mass is 10.1. The van der Waals surface area contributed by atoms with Crippen molar-refractivity contribution in [3.63, 3.8) is 0 Å². The van der Waals surface area contributed by atoms with Crippen LogP contribution < -0.4 is 5.32 Å². The van der Waals surface area contributed by atoms with E-state index in [0.29, 0.717) is 5.92 Å². The summed E-state index contributed by atoms with van der Waals surface area (Å²) in [6.45, 7) is 1.64. The van der Waals surface area contributed by atoms with Crippen molar-refractivity contribution in [1.82, 2.24) is 5.32 Å². The number of halogens is 1. The first-order valence-electron chi connectivity index (χ1n) is 5.38. The summed E-state index contributed by atoms with van der Waals surface area (Å²) in [5.74, 6) is 1.39. The third kappa shape index (κ3) is 3.19. The van der Waals surface area contributed by atoms with Gasteiger partial charge in [0.15, 0.2) is 3.77 Å². The molecule has 1 aliphatic rings. The van der Waals surface area contributed by atoms with Crippen LogP contribution in [0.2, 0.25) is 0 Å². The molecule has 3 nitrogen and oxygen atoms in total. The highest BCUT2D eigenvalue weighted by Gasteiger charge is 2.24. The van der Waals surface area contributed by atoms with Crippen LogP contribution in [0.5, 0.6) is 0 Å². The van der Waals surface area contributed by atoms with E-state index in [-0.39, 0.29) is 6.10 Å². The number of aliphatic hydroxyl groups is 1. The number of nitrogens with one attached hydrogen (secondary N) is 1. The minimum Gasteiger partial charge on any atom is -0.454 e. The van der Waals surface area contributed by atoms with Crippen molar-refractivity contribution in [1.29, 1.82) is 0 Å². The van der Waals surface area contributed by atoms with Crippen molar-refractivity contribution in [2.75, 3.05) is 6.54 Å². The van der Waals surface area contributed by atoms with Crippen LogP contribution in [-0.4, -0.2) is 17.8 Å². The third-order valence-electron chi connectivity index (χ3n) is 2.95. The van der Waals surface area contributed by atoms with E-state index in [4.69, 9.17) is 4.42 Å². The molecule has 1 heterocycles. The van der Waals surface area contributed by atoms with Crippen molar-refractivity contribution in [2.45, 2.75) is 31.9 Å². The average molecular weight is 321 g/mol. The molecule has 2 unspecified atom stereocenters. The van der Waals surface area contributed by atoms with Gasteiger partial charge in [0, 0.05) is 6.54 Å². The molecule has 4 heteroatoms. The van der Waals surface area contributed by atoms with E-state index >= 15 is 0 Å². The zero-order chi connectivity index (χ0) is 10.7. The second-order valence-corrected chi connectivity index (χ2v) is 5.16. The molecule has 0 aliphatic heterocycles. The molecule has 1 aromatic heterocycles. The van der Waals surface area contributed by atoms with Crippen LogP contribution in [0.4, 0.5) is 0 Å². The molecule has 0 spiro atoms. The molecule has 0 amide bonds. The highest BCUT2D eigenvalue weighted by atomic mass is 127. The Hall–Kier alpha value is -0.0700. The normalized spacial score (nSPS) is 26.0. The highest BCUT2D eigenvalue weighted by Crippen LogP contribution is 2.24. The number of furan rings is 1. The fraction of sp³-hybridized carbons (Fsp3) is 0.636. The first-order chi connectivity index (χ1) is 7.25. The van der Waals surface area contributed by atoms with Gasteiger partial charge in [-0.2, -0.15) is 0 Å². The Morgan fingerprint density at radius 3 is 2.93 bits per heavy atom. The maximum atomic E-state index is 9.63. The Morgan fingerprint density at radius 2 is 2.33 bits per heavy atom. The lowest BCUT2D eigenvalue weighted by molar-refractivity contribution is 0.131. The topological polar surface area (TPSA) is 45.4 Å². The second-order valence-electron chi connectivity index (χ2n) is 4.10. The summed E-state index contributed by atoms with van der Waals surface area (Å²) < 4.78 is 6.36. The van der Waals surface area contributed by atoms with Crippen LogP contribution in [0.15, 0.2) is 16.5 Å². The first kappa shape index (κ1) is 11.4. The van der Waals surface area contributed by atoms with Crippen molar-refractivity contribution in [3.05, 3.63) is 21.7 Å². The zero-order valence-corrected chi connectivity index (χ0v) is 10.7. The quantitative estimate of drug-likeness (QED) is 0.835. The summed E-state index contributed by atoms with van der Waals surface area (Å²) >= 11 is 2.16. The number of hydrogen-bond acceptors (Lipinski definition) is 3. The standard InChI is InChI=1S/C11H16INO2/c12-11-5-4-9(15-11)7-13-6-8-2-1-3-10(8)14/h4-5,8,10,13-14H,1-3,6-7H2. The van der Waals surface area contributed by atoms with E-state index in [1.54, 1.807) is 0 Å². The van der Waals surface area contributed by atoms with E-state index in [9.17, 15) is 5.11 Å². The Labute approximate surface area is 103 Å². The predicted molar refractivity (Wildman–Crippen MR) is 66.5 cm³/mol. The lowest BCUT2D eigenvalue weighted by Gasteiger charge is -2.14. The summed E-state index contributed by atoms with van der Waals surface area (Å²) in [5.41, 5.74) is 0. The molecule has 15 heavy (non-hydrogen) atoms. The van der Waals surface area contributed by atoms with Crippen LogP contribution in [-0.2, 0) is 6.54 Å². The van der Waals surface area contributed by atoms with Gasteiger partial charge < -0.3 is 14.8 Å². The van der Waals surface area contributed by atoms with Gasteiger partial charge in [-0.1, -0.05) is 6.42 Å². The van der Waals surface area contributed by atoms with Gasteiger partial charge in [0.2, 0.25) is 0 Å². The Bertz CT molecular complexity index is 313. The maximum absolute atomic E-state index is 9.63. The molecular weight excluding hydrogens is 305 g/mol. The average Bonchev–Trinajstić information content (AvgIpc) is 2.77. The minimum absolute atomic E-state index is 0.103. The molecule has 0 radical (unpaired) electrons. The summed E-state index contributed by atoms with van der Waals surface area (Å²) in [4.78, 5) is 0. The molecule has 2 N–H and O–H groups in total. The van der Waals surface area contributed by atoms with Crippen molar-refractivity contribution < 1.29 is 9.52 Å². The molecule has 2 atom stereocenters. The third-order valence-corrected chi connectivity index (χ3v) is 3.53. The second kappa shape index (κ2) is 5.32. The van der Waals surface area contributed by atoms with E-state index in [1.807, 2.05) is 12.1 Å². The van der Waals surface area contributed by atoms with E-state index in [0.717, 1.165) is 41.9 Å². The van der Waals surface area contributed by atoms with Gasteiger partial charge in [0.05, 0.1) is 12.6 Å². The molecule has 0 bridgehead atoms.